The van der Waals surface area contributed by atoms with Gasteiger partial charge in [-0.1, -0.05) is 12.8 Å². The van der Waals surface area contributed by atoms with E-state index in [4.69, 9.17) is 0 Å². The van der Waals surface area contributed by atoms with Crippen molar-refractivity contribution < 1.29 is 4.79 Å². The Hall–Kier alpha value is -2.38. The Morgan fingerprint density at radius 3 is 2.80 bits per heavy atom. The molecule has 2 amide bonds. The Bertz CT molecular complexity index is 716. The Balaban J connectivity index is 1.81. The molecule has 0 saturated carbocycles. The number of urea groups is 1. The number of aromatic nitrogens is 5. The molecule has 1 aliphatic heterocycles. The van der Waals surface area contributed by atoms with Crippen molar-refractivity contribution in [1.29, 1.82) is 0 Å². The topological polar surface area (TPSA) is 91.7 Å². The van der Waals surface area contributed by atoms with Gasteiger partial charge >= 0.3 is 6.03 Å². The molecular weight excluding hydrogens is 318 g/mol. The van der Waals surface area contributed by atoms with E-state index in [1.165, 1.54) is 0 Å². The lowest BCUT2D eigenvalue weighted by molar-refractivity contribution is 0.172. The predicted molar refractivity (Wildman–Crippen MR) is 93.9 cm³/mol. The molecule has 2 aromatic heterocycles. The summed E-state index contributed by atoms with van der Waals surface area (Å²) in [6.07, 6.45) is 5.91. The number of amides is 2. The zero-order chi connectivity index (χ0) is 18.0. The van der Waals surface area contributed by atoms with Crippen LogP contribution in [0.1, 0.15) is 67.5 Å². The van der Waals surface area contributed by atoms with Gasteiger partial charge in [-0.2, -0.15) is 5.10 Å². The van der Waals surface area contributed by atoms with Gasteiger partial charge in [-0.3, -0.25) is 5.10 Å². The summed E-state index contributed by atoms with van der Waals surface area (Å²) < 4.78 is 1.83. The molecule has 8 heteroatoms. The first-order chi connectivity index (χ1) is 12.0. The zero-order valence-electron chi connectivity index (χ0n) is 15.4. The van der Waals surface area contributed by atoms with Crippen LogP contribution in [0.2, 0.25) is 0 Å². The smallest absolute Gasteiger partial charge is 0.318 e. The summed E-state index contributed by atoms with van der Waals surface area (Å²) in [5, 5.41) is 18.4. The molecule has 0 radical (unpaired) electrons. The maximum atomic E-state index is 13.0. The molecule has 3 heterocycles. The van der Waals surface area contributed by atoms with Gasteiger partial charge in [0.15, 0.2) is 5.82 Å². The third-order valence-electron chi connectivity index (χ3n) is 5.01. The molecule has 2 N–H and O–H groups in total. The average Bonchev–Trinajstić information content (AvgIpc) is 3.04. The van der Waals surface area contributed by atoms with Crippen LogP contribution >= 0.6 is 0 Å². The Kier molecular flexibility index (Phi) is 5.06. The fraction of sp³-hybridized carbons (Fsp3) is 0.647. The van der Waals surface area contributed by atoms with Crippen molar-refractivity contribution in [3.05, 3.63) is 29.1 Å². The molecule has 1 saturated heterocycles. The first kappa shape index (κ1) is 17.4. The lowest BCUT2D eigenvalue weighted by atomic mass is 9.99. The summed E-state index contributed by atoms with van der Waals surface area (Å²) in [6, 6.07) is -0.189. The van der Waals surface area contributed by atoms with Gasteiger partial charge in [0.2, 0.25) is 0 Å². The van der Waals surface area contributed by atoms with Crippen LogP contribution in [0.15, 0.2) is 6.33 Å². The number of rotatable bonds is 3. The van der Waals surface area contributed by atoms with Gasteiger partial charge in [0.25, 0.3) is 0 Å². The van der Waals surface area contributed by atoms with Gasteiger partial charge in [0, 0.05) is 24.8 Å². The van der Waals surface area contributed by atoms with Crippen molar-refractivity contribution in [3.8, 4) is 0 Å². The second-order valence-corrected chi connectivity index (χ2v) is 6.88. The second kappa shape index (κ2) is 7.25. The maximum Gasteiger partial charge on any atom is 0.318 e. The molecule has 25 heavy (non-hydrogen) atoms. The van der Waals surface area contributed by atoms with E-state index in [9.17, 15) is 4.79 Å². The molecule has 0 aliphatic carbocycles. The maximum absolute atomic E-state index is 13.0. The fourth-order valence-electron chi connectivity index (χ4n) is 3.72. The minimum absolute atomic E-state index is 0.0533. The van der Waals surface area contributed by atoms with Crippen molar-refractivity contribution in [2.45, 2.75) is 58.5 Å². The SMILES string of the molecule is Cc1n[nH]c(C)c1C1CCCCCN1C(=O)NC(C)c1nncn1C. The van der Waals surface area contributed by atoms with Gasteiger partial charge in [-0.25, -0.2) is 4.79 Å². The molecule has 136 valence electrons. The minimum Gasteiger partial charge on any atom is -0.328 e. The van der Waals surface area contributed by atoms with E-state index in [0.29, 0.717) is 0 Å². The number of carbonyl (C=O) groups excluding carboxylic acids is 1. The van der Waals surface area contributed by atoms with Gasteiger partial charge in [0.1, 0.15) is 6.33 Å². The third-order valence-corrected chi connectivity index (χ3v) is 5.01. The minimum atomic E-state index is -0.199. The Labute approximate surface area is 148 Å². The fourth-order valence-corrected chi connectivity index (χ4v) is 3.72. The largest absolute Gasteiger partial charge is 0.328 e. The normalized spacial score (nSPS) is 19.5. The lowest BCUT2D eigenvalue weighted by Crippen LogP contribution is -2.43. The summed E-state index contributed by atoms with van der Waals surface area (Å²) >= 11 is 0. The van der Waals surface area contributed by atoms with Crippen molar-refractivity contribution in [1.82, 2.24) is 35.2 Å². The van der Waals surface area contributed by atoms with Crippen LogP contribution in [0.4, 0.5) is 4.79 Å². The van der Waals surface area contributed by atoms with Crippen LogP contribution in [0.5, 0.6) is 0 Å². The average molecular weight is 345 g/mol. The van der Waals surface area contributed by atoms with Crippen molar-refractivity contribution in [3.63, 3.8) is 0 Å². The first-order valence-electron chi connectivity index (χ1n) is 8.91. The number of hydrogen-bond donors (Lipinski definition) is 2. The van der Waals surface area contributed by atoms with Crippen LogP contribution in [-0.2, 0) is 7.05 Å². The number of H-pyrrole nitrogens is 1. The van der Waals surface area contributed by atoms with E-state index < -0.39 is 0 Å². The van der Waals surface area contributed by atoms with Gasteiger partial charge in [0.05, 0.1) is 17.8 Å². The Morgan fingerprint density at radius 1 is 1.36 bits per heavy atom. The van der Waals surface area contributed by atoms with Crippen molar-refractivity contribution in [2.24, 2.45) is 7.05 Å². The molecule has 0 spiro atoms. The van der Waals surface area contributed by atoms with Crippen molar-refractivity contribution >= 4 is 6.03 Å². The van der Waals surface area contributed by atoms with Crippen LogP contribution in [0, 0.1) is 13.8 Å². The lowest BCUT2D eigenvalue weighted by Gasteiger charge is -2.31. The van der Waals surface area contributed by atoms with Crippen LogP contribution in [0.25, 0.3) is 0 Å². The van der Waals surface area contributed by atoms with Crippen LogP contribution < -0.4 is 5.32 Å². The summed E-state index contributed by atoms with van der Waals surface area (Å²) in [7, 11) is 1.88. The highest BCUT2D eigenvalue weighted by Gasteiger charge is 2.31. The number of likely N-dealkylation sites (tertiary alicyclic amines) is 1. The number of aromatic amines is 1. The number of nitrogens with one attached hydrogen (secondary N) is 2. The number of aryl methyl sites for hydroxylation is 3. The molecule has 1 fully saturated rings. The van der Waals surface area contributed by atoms with Gasteiger partial charge in [-0.15, -0.1) is 10.2 Å². The summed E-state index contributed by atoms with van der Waals surface area (Å²) in [5.41, 5.74) is 3.18. The summed E-state index contributed by atoms with van der Waals surface area (Å²) in [4.78, 5) is 15.0. The summed E-state index contributed by atoms with van der Waals surface area (Å²) in [5.74, 6) is 0.746. The highest BCUT2D eigenvalue weighted by molar-refractivity contribution is 5.75. The molecule has 0 bridgehead atoms. The number of hydrogen-bond acceptors (Lipinski definition) is 4. The second-order valence-electron chi connectivity index (χ2n) is 6.88. The highest BCUT2D eigenvalue weighted by Crippen LogP contribution is 2.33. The van der Waals surface area contributed by atoms with Crippen molar-refractivity contribution in [2.75, 3.05) is 6.54 Å². The van der Waals surface area contributed by atoms with E-state index in [1.807, 2.05) is 37.3 Å². The van der Waals surface area contributed by atoms with E-state index in [1.54, 1.807) is 6.33 Å². The van der Waals surface area contributed by atoms with E-state index in [0.717, 1.165) is 55.0 Å². The van der Waals surface area contributed by atoms with E-state index >= 15 is 0 Å². The molecular formula is C17H27N7O. The van der Waals surface area contributed by atoms with E-state index in [-0.39, 0.29) is 18.1 Å². The van der Waals surface area contributed by atoms with Gasteiger partial charge < -0.3 is 14.8 Å². The molecule has 2 unspecified atom stereocenters. The molecule has 0 aromatic carbocycles. The molecule has 2 atom stereocenters. The van der Waals surface area contributed by atoms with Crippen LogP contribution in [-0.4, -0.2) is 42.4 Å². The predicted octanol–water partition coefficient (Wildman–Crippen LogP) is 2.54. The molecule has 1 aliphatic rings. The van der Waals surface area contributed by atoms with Crippen LogP contribution in [0.3, 0.4) is 0 Å². The van der Waals surface area contributed by atoms with E-state index in [2.05, 4.69) is 25.7 Å². The third kappa shape index (κ3) is 3.52. The standard InChI is InChI=1S/C17H27N7O/c1-11-15(12(2)21-20-11)14-8-6-5-7-9-24(14)17(25)19-13(3)16-22-18-10-23(16)4/h10,13-14H,5-9H2,1-4H3,(H,19,25)(H,20,21). The monoisotopic (exact) mass is 345 g/mol. The van der Waals surface area contributed by atoms with Gasteiger partial charge in [-0.05, 0) is 33.6 Å². The Morgan fingerprint density at radius 2 is 2.16 bits per heavy atom. The zero-order valence-corrected chi connectivity index (χ0v) is 15.4. The first-order valence-corrected chi connectivity index (χ1v) is 8.91. The summed E-state index contributed by atoms with van der Waals surface area (Å²) in [6.45, 7) is 6.72. The number of carbonyl (C=O) groups is 1. The molecule has 3 rings (SSSR count). The molecule has 8 nitrogen and oxygen atoms in total. The highest BCUT2D eigenvalue weighted by atomic mass is 16.2. The molecule has 2 aromatic rings. The quantitative estimate of drug-likeness (QED) is 0.894. The number of nitrogens with zero attached hydrogens (tertiary/aromatic N) is 5.